The molecular weight excluding hydrogens is 308 g/mol. The summed E-state index contributed by atoms with van der Waals surface area (Å²) >= 11 is 0. The zero-order valence-corrected chi connectivity index (χ0v) is 15.3. The molecule has 0 aliphatic heterocycles. The van der Waals surface area contributed by atoms with Gasteiger partial charge in [0.15, 0.2) is 0 Å². The predicted molar refractivity (Wildman–Crippen MR) is 92.2 cm³/mol. The van der Waals surface area contributed by atoms with Crippen molar-refractivity contribution in [2.45, 2.75) is 59.5 Å². The molecule has 0 amide bonds. The molecule has 0 radical (unpaired) electrons. The van der Waals surface area contributed by atoms with Gasteiger partial charge in [0, 0.05) is 19.4 Å². The van der Waals surface area contributed by atoms with E-state index in [4.69, 9.17) is 9.47 Å². The number of carbonyl (C=O) groups is 2. The fourth-order valence-corrected chi connectivity index (χ4v) is 3.43. The number of aliphatic hydroxyl groups excluding tert-OH is 1. The van der Waals surface area contributed by atoms with Gasteiger partial charge < -0.3 is 14.6 Å². The van der Waals surface area contributed by atoms with Crippen molar-refractivity contribution >= 4 is 11.9 Å². The van der Waals surface area contributed by atoms with E-state index in [0.717, 1.165) is 19.3 Å². The highest BCUT2D eigenvalue weighted by molar-refractivity contribution is 5.67. The maximum atomic E-state index is 11.5. The maximum absolute atomic E-state index is 11.5. The number of carbonyl (C=O) groups excluding carboxylic acids is 2. The molecular formula is C19H30O5. The van der Waals surface area contributed by atoms with E-state index in [1.807, 2.05) is 0 Å². The largest absolute Gasteiger partial charge is 0.461 e. The van der Waals surface area contributed by atoms with Crippen LogP contribution in [0.25, 0.3) is 0 Å². The van der Waals surface area contributed by atoms with Crippen LogP contribution in [0.1, 0.15) is 53.4 Å². The summed E-state index contributed by atoms with van der Waals surface area (Å²) in [4.78, 5) is 22.7. The quantitative estimate of drug-likeness (QED) is 0.570. The van der Waals surface area contributed by atoms with E-state index in [0.29, 0.717) is 12.0 Å². The highest BCUT2D eigenvalue weighted by Gasteiger charge is 2.37. The van der Waals surface area contributed by atoms with E-state index in [1.54, 1.807) is 6.08 Å². The summed E-state index contributed by atoms with van der Waals surface area (Å²) in [5, 5.41) is 9.27. The van der Waals surface area contributed by atoms with Crippen LogP contribution in [-0.4, -0.2) is 36.4 Å². The average molecular weight is 338 g/mol. The third kappa shape index (κ3) is 6.11. The lowest BCUT2D eigenvalue weighted by Gasteiger charge is -2.42. The van der Waals surface area contributed by atoms with Crippen molar-refractivity contribution in [2.24, 2.45) is 11.3 Å². The molecule has 0 spiro atoms. The summed E-state index contributed by atoms with van der Waals surface area (Å²) in [6, 6.07) is 0. The first-order valence-corrected chi connectivity index (χ1v) is 8.45. The predicted octanol–water partition coefficient (Wildman–Crippen LogP) is 3.17. The first-order valence-electron chi connectivity index (χ1n) is 8.45. The Bertz CT molecular complexity index is 504. The zero-order chi connectivity index (χ0) is 18.3. The van der Waals surface area contributed by atoms with Gasteiger partial charge in [-0.25, -0.2) is 0 Å². The van der Waals surface area contributed by atoms with Crippen molar-refractivity contribution in [3.05, 3.63) is 23.8 Å². The van der Waals surface area contributed by atoms with Crippen LogP contribution in [0.3, 0.4) is 0 Å². The summed E-state index contributed by atoms with van der Waals surface area (Å²) in [6.45, 7) is 11.1. The summed E-state index contributed by atoms with van der Waals surface area (Å²) in [5.41, 5.74) is 1.84. The van der Waals surface area contributed by atoms with Crippen molar-refractivity contribution < 1.29 is 24.2 Å². The molecule has 0 aromatic heterocycles. The minimum absolute atomic E-state index is 0.00741. The Hall–Kier alpha value is -1.62. The number of ether oxygens (including phenoxy) is 2. The number of hydrogen-bond donors (Lipinski definition) is 1. The van der Waals surface area contributed by atoms with Crippen LogP contribution in [0.15, 0.2) is 23.8 Å². The Kier molecular flexibility index (Phi) is 7.67. The zero-order valence-electron chi connectivity index (χ0n) is 15.3. The lowest BCUT2D eigenvalue weighted by Crippen LogP contribution is -2.35. The Balaban J connectivity index is 3.01. The van der Waals surface area contributed by atoms with Crippen LogP contribution in [0, 0.1) is 11.3 Å². The molecule has 5 nitrogen and oxygen atoms in total. The van der Waals surface area contributed by atoms with Gasteiger partial charge in [-0.2, -0.15) is 0 Å². The maximum Gasteiger partial charge on any atom is 0.303 e. The summed E-state index contributed by atoms with van der Waals surface area (Å²) in [7, 11) is 0. The molecule has 0 aromatic carbocycles. The van der Waals surface area contributed by atoms with Crippen molar-refractivity contribution in [3.63, 3.8) is 0 Å². The second kappa shape index (κ2) is 9.02. The van der Waals surface area contributed by atoms with E-state index < -0.39 is 18.0 Å². The molecule has 0 aromatic rings. The number of allylic oxidation sites excluding steroid dienone is 1. The SMILES string of the molecule is C=C1CCCC(C)(C)[C@@H]1C[C@H](OC(C)=O)/C(=C/CO)COC(C)=O. The van der Waals surface area contributed by atoms with Gasteiger partial charge in [-0.15, -0.1) is 0 Å². The molecule has 136 valence electrons. The molecule has 1 saturated carbocycles. The number of rotatable bonds is 7. The number of esters is 2. The Morgan fingerprint density at radius 1 is 1.38 bits per heavy atom. The Morgan fingerprint density at radius 2 is 2.04 bits per heavy atom. The first-order chi connectivity index (χ1) is 11.2. The highest BCUT2D eigenvalue weighted by Crippen LogP contribution is 2.46. The molecule has 1 aliphatic rings. The van der Waals surface area contributed by atoms with Crippen LogP contribution >= 0.6 is 0 Å². The molecule has 24 heavy (non-hydrogen) atoms. The van der Waals surface area contributed by atoms with E-state index in [2.05, 4.69) is 20.4 Å². The minimum Gasteiger partial charge on any atom is -0.461 e. The van der Waals surface area contributed by atoms with Gasteiger partial charge >= 0.3 is 11.9 Å². The van der Waals surface area contributed by atoms with Gasteiger partial charge in [-0.05, 0) is 37.0 Å². The molecule has 1 fully saturated rings. The Labute approximate surface area is 144 Å². The monoisotopic (exact) mass is 338 g/mol. The van der Waals surface area contributed by atoms with Crippen LogP contribution in [-0.2, 0) is 19.1 Å². The molecule has 2 atom stereocenters. The standard InChI is InChI=1S/C19H30O5/c1-13-7-6-9-19(4,5)17(13)11-18(24-15(3)22)16(8-10-20)12-23-14(2)21/h8,17-18,20H,1,6-7,9-12H2,2-5H3/b16-8+/t17-,18+/m1/s1. The number of aliphatic hydroxyl groups is 1. The molecule has 0 bridgehead atoms. The van der Waals surface area contributed by atoms with Crippen molar-refractivity contribution in [1.82, 2.24) is 0 Å². The molecule has 5 heteroatoms. The molecule has 0 heterocycles. The second-order valence-electron chi connectivity index (χ2n) is 7.13. The third-order valence-corrected chi connectivity index (χ3v) is 4.72. The van der Waals surface area contributed by atoms with Crippen molar-refractivity contribution in [3.8, 4) is 0 Å². The van der Waals surface area contributed by atoms with Crippen molar-refractivity contribution in [1.29, 1.82) is 0 Å². The van der Waals surface area contributed by atoms with Gasteiger partial charge in [0.1, 0.15) is 12.7 Å². The lowest BCUT2D eigenvalue weighted by atomic mass is 9.64. The van der Waals surface area contributed by atoms with Gasteiger partial charge in [0.2, 0.25) is 0 Å². The smallest absolute Gasteiger partial charge is 0.303 e. The van der Waals surface area contributed by atoms with Crippen LogP contribution < -0.4 is 0 Å². The fraction of sp³-hybridized carbons (Fsp3) is 0.684. The first kappa shape index (κ1) is 20.4. The molecule has 0 saturated heterocycles. The van der Waals surface area contributed by atoms with Gasteiger partial charge in [0.25, 0.3) is 0 Å². The molecule has 1 N–H and O–H groups in total. The summed E-state index contributed by atoms with van der Waals surface area (Å²) < 4.78 is 10.5. The van der Waals surface area contributed by atoms with Gasteiger partial charge in [-0.1, -0.05) is 32.1 Å². The number of hydrogen-bond acceptors (Lipinski definition) is 5. The molecule has 1 rings (SSSR count). The van der Waals surface area contributed by atoms with E-state index in [9.17, 15) is 14.7 Å². The van der Waals surface area contributed by atoms with Crippen LogP contribution in [0.2, 0.25) is 0 Å². The van der Waals surface area contributed by atoms with E-state index >= 15 is 0 Å². The lowest BCUT2D eigenvalue weighted by molar-refractivity contribution is -0.146. The minimum atomic E-state index is -0.534. The normalized spacial score (nSPS) is 22.0. The third-order valence-electron chi connectivity index (χ3n) is 4.72. The van der Waals surface area contributed by atoms with Crippen LogP contribution in [0.4, 0.5) is 0 Å². The van der Waals surface area contributed by atoms with Crippen molar-refractivity contribution in [2.75, 3.05) is 13.2 Å². The van der Waals surface area contributed by atoms with E-state index in [1.165, 1.54) is 19.4 Å². The van der Waals surface area contributed by atoms with Gasteiger partial charge in [-0.3, -0.25) is 9.59 Å². The summed E-state index contributed by atoms with van der Waals surface area (Å²) in [6.07, 6.45) is 4.78. The summed E-state index contributed by atoms with van der Waals surface area (Å²) in [5.74, 6) is -0.608. The fourth-order valence-electron chi connectivity index (χ4n) is 3.43. The van der Waals surface area contributed by atoms with E-state index in [-0.39, 0.29) is 24.5 Å². The van der Waals surface area contributed by atoms with Crippen LogP contribution in [0.5, 0.6) is 0 Å². The Morgan fingerprint density at radius 3 is 2.54 bits per heavy atom. The average Bonchev–Trinajstić information content (AvgIpc) is 2.45. The topological polar surface area (TPSA) is 72.8 Å². The molecule has 0 unspecified atom stereocenters. The highest BCUT2D eigenvalue weighted by atomic mass is 16.6. The van der Waals surface area contributed by atoms with Gasteiger partial charge in [0.05, 0.1) is 6.61 Å². The second-order valence-corrected chi connectivity index (χ2v) is 7.13. The molecule has 1 aliphatic carbocycles.